The van der Waals surface area contributed by atoms with E-state index in [2.05, 4.69) is 150 Å². The minimum Gasteiger partial charge on any atom is -0.457 e. The highest BCUT2D eigenvalue weighted by Gasteiger charge is 2.32. The third-order valence-electron chi connectivity index (χ3n) is 11.1. The zero-order valence-corrected chi connectivity index (χ0v) is 33.5. The van der Waals surface area contributed by atoms with Crippen LogP contribution >= 0.6 is 0 Å². The van der Waals surface area contributed by atoms with Crippen molar-refractivity contribution in [3.05, 3.63) is 119 Å². The first-order valence-electron chi connectivity index (χ1n) is 20.1. The van der Waals surface area contributed by atoms with Crippen molar-refractivity contribution in [1.82, 2.24) is 19.3 Å². The summed E-state index contributed by atoms with van der Waals surface area (Å²) in [6, 6.07) is 26.2. The van der Waals surface area contributed by atoms with Crippen LogP contribution in [0.3, 0.4) is 0 Å². The average Bonchev–Trinajstić information content (AvgIpc) is 3.63. The van der Waals surface area contributed by atoms with Crippen LogP contribution in [0.2, 0.25) is 0 Å². The molecule has 6 aromatic rings. The zero-order valence-electron chi connectivity index (χ0n) is 33.5. The summed E-state index contributed by atoms with van der Waals surface area (Å²) in [4.78, 5) is 4.88. The molecule has 5 nitrogen and oxygen atoms in total. The first-order valence-corrected chi connectivity index (χ1v) is 20.1. The molecule has 276 valence electrons. The SMILES string of the molecule is CCCc1nn(-c2cc(Oc3ccc4c5ccccc5n(-c5cc(CC(C)C)ccn5)c4c3)cc(C(C)(C)C)c2)c(CCC)c1[C@H]1C(C)=CCC[C@@H]1C. The molecule has 0 bridgehead atoms. The highest BCUT2D eigenvalue weighted by Crippen LogP contribution is 2.43. The molecule has 0 amide bonds. The lowest BCUT2D eigenvalue weighted by atomic mass is 9.74. The fourth-order valence-corrected chi connectivity index (χ4v) is 8.59. The van der Waals surface area contributed by atoms with Gasteiger partial charge in [0.05, 0.1) is 22.4 Å². The first-order chi connectivity index (χ1) is 25.5. The van der Waals surface area contributed by atoms with Crippen LogP contribution in [0.25, 0.3) is 33.3 Å². The van der Waals surface area contributed by atoms with Gasteiger partial charge in [-0.25, -0.2) is 9.67 Å². The van der Waals surface area contributed by atoms with Crippen LogP contribution in [0.15, 0.2) is 90.6 Å². The molecular weight excluding hydrogens is 649 g/mol. The van der Waals surface area contributed by atoms with Gasteiger partial charge < -0.3 is 4.74 Å². The number of fused-ring (bicyclic) bond motifs is 3. The second-order valence-corrected chi connectivity index (χ2v) is 16.9. The third kappa shape index (κ3) is 7.32. The normalized spacial score (nSPS) is 16.5. The Hall–Kier alpha value is -4.64. The minimum absolute atomic E-state index is 0.0818. The summed E-state index contributed by atoms with van der Waals surface area (Å²) in [6.07, 6.45) is 11.9. The summed E-state index contributed by atoms with van der Waals surface area (Å²) in [5, 5.41) is 7.86. The van der Waals surface area contributed by atoms with Crippen LogP contribution in [0.1, 0.15) is 122 Å². The maximum absolute atomic E-state index is 6.90. The van der Waals surface area contributed by atoms with Crippen LogP contribution in [0.4, 0.5) is 0 Å². The summed E-state index contributed by atoms with van der Waals surface area (Å²) in [7, 11) is 0. The van der Waals surface area contributed by atoms with Crippen molar-refractivity contribution in [3.8, 4) is 23.0 Å². The van der Waals surface area contributed by atoms with Crippen molar-refractivity contribution >= 4 is 21.8 Å². The highest BCUT2D eigenvalue weighted by molar-refractivity contribution is 6.09. The smallest absolute Gasteiger partial charge is 0.137 e. The molecule has 0 fully saturated rings. The van der Waals surface area contributed by atoms with Gasteiger partial charge in [-0.05, 0) is 110 Å². The predicted octanol–water partition coefficient (Wildman–Crippen LogP) is 13.0. The number of ether oxygens (including phenoxy) is 1. The lowest BCUT2D eigenvalue weighted by Crippen LogP contribution is -2.18. The molecule has 1 aliphatic rings. The third-order valence-corrected chi connectivity index (χ3v) is 11.1. The van der Waals surface area contributed by atoms with Crippen molar-refractivity contribution < 1.29 is 4.74 Å². The Morgan fingerprint density at radius 1 is 0.868 bits per heavy atom. The van der Waals surface area contributed by atoms with E-state index >= 15 is 0 Å². The number of hydrogen-bond acceptors (Lipinski definition) is 3. The molecule has 0 radical (unpaired) electrons. The van der Waals surface area contributed by atoms with E-state index in [1.54, 1.807) is 0 Å². The van der Waals surface area contributed by atoms with Crippen molar-refractivity contribution in [3.63, 3.8) is 0 Å². The number of hydrogen-bond donors (Lipinski definition) is 0. The summed E-state index contributed by atoms with van der Waals surface area (Å²) < 4.78 is 11.5. The number of rotatable bonds is 11. The number of nitrogens with zero attached hydrogens (tertiary/aromatic N) is 4. The van der Waals surface area contributed by atoms with E-state index in [1.807, 2.05) is 6.20 Å². The van der Waals surface area contributed by atoms with Crippen LogP contribution in [-0.4, -0.2) is 19.3 Å². The van der Waals surface area contributed by atoms with Crippen molar-refractivity contribution in [2.75, 3.05) is 0 Å². The molecule has 3 aromatic heterocycles. The fraction of sp³-hybridized carbons (Fsp3) is 0.417. The largest absolute Gasteiger partial charge is 0.457 e. The van der Waals surface area contributed by atoms with E-state index in [1.165, 1.54) is 57.3 Å². The number of aryl methyl sites for hydroxylation is 1. The van der Waals surface area contributed by atoms with Gasteiger partial charge in [0, 0.05) is 46.3 Å². The number of allylic oxidation sites excluding steroid dienone is 2. The molecular formula is C48H58N4O. The molecule has 0 spiro atoms. The van der Waals surface area contributed by atoms with E-state index in [9.17, 15) is 0 Å². The summed E-state index contributed by atoms with van der Waals surface area (Å²) in [5.41, 5.74) is 11.3. The zero-order chi connectivity index (χ0) is 37.4. The Bertz CT molecular complexity index is 2280. The molecule has 2 atom stereocenters. The lowest BCUT2D eigenvalue weighted by molar-refractivity contribution is 0.445. The van der Waals surface area contributed by atoms with Gasteiger partial charge in [-0.1, -0.05) is 98.1 Å². The van der Waals surface area contributed by atoms with Gasteiger partial charge in [0.2, 0.25) is 0 Å². The Labute approximate surface area is 317 Å². The lowest BCUT2D eigenvalue weighted by Gasteiger charge is -2.30. The molecule has 53 heavy (non-hydrogen) atoms. The topological polar surface area (TPSA) is 44.9 Å². The van der Waals surface area contributed by atoms with Gasteiger partial charge in [-0.15, -0.1) is 0 Å². The van der Waals surface area contributed by atoms with Crippen LogP contribution in [0, 0.1) is 11.8 Å². The maximum Gasteiger partial charge on any atom is 0.137 e. The van der Waals surface area contributed by atoms with E-state index in [4.69, 9.17) is 14.8 Å². The monoisotopic (exact) mass is 706 g/mol. The minimum atomic E-state index is -0.0818. The predicted molar refractivity (Wildman–Crippen MR) is 222 cm³/mol. The van der Waals surface area contributed by atoms with Gasteiger partial charge in [0.15, 0.2) is 0 Å². The standard InChI is InChI=1S/C48H58N4O/c1-10-15-41-47(46-32(5)17-14-18-33(46)6)43(16-11-2)52(50-41)36-27-35(48(7,8)9)28-38(29-36)53-37-21-22-40-39-19-12-13-20-42(39)51(44(40)30-37)45-26-34(23-24-49-45)25-31(3)4/h12-13,17,19-24,26-31,33,46H,10-11,14-16,18,25H2,1-9H3/t33-,46-/m0/s1. The van der Waals surface area contributed by atoms with E-state index < -0.39 is 0 Å². The summed E-state index contributed by atoms with van der Waals surface area (Å²) in [6.45, 7) is 20.7. The first kappa shape index (κ1) is 36.7. The molecule has 3 aromatic carbocycles. The fourth-order valence-electron chi connectivity index (χ4n) is 8.59. The molecule has 5 heteroatoms. The van der Waals surface area contributed by atoms with E-state index in [0.717, 1.165) is 66.1 Å². The van der Waals surface area contributed by atoms with Gasteiger partial charge in [0.1, 0.15) is 17.3 Å². The van der Waals surface area contributed by atoms with Crippen LogP contribution < -0.4 is 4.74 Å². The molecule has 0 aliphatic heterocycles. The molecule has 0 saturated heterocycles. The number of para-hydroxylation sites is 1. The molecule has 0 saturated carbocycles. The van der Waals surface area contributed by atoms with Gasteiger partial charge in [-0.3, -0.25) is 4.57 Å². The highest BCUT2D eigenvalue weighted by atomic mass is 16.5. The van der Waals surface area contributed by atoms with Gasteiger partial charge in [-0.2, -0.15) is 5.10 Å². The molecule has 0 unspecified atom stereocenters. The number of pyridine rings is 1. The molecule has 1 aliphatic carbocycles. The van der Waals surface area contributed by atoms with E-state index in [-0.39, 0.29) is 5.41 Å². The number of aromatic nitrogens is 4. The van der Waals surface area contributed by atoms with Crippen LogP contribution in [0.5, 0.6) is 11.5 Å². The van der Waals surface area contributed by atoms with E-state index in [0.29, 0.717) is 17.8 Å². The molecule has 3 heterocycles. The molecule has 7 rings (SSSR count). The molecule has 0 N–H and O–H groups in total. The van der Waals surface area contributed by atoms with Gasteiger partial charge in [0.25, 0.3) is 0 Å². The van der Waals surface area contributed by atoms with Crippen LogP contribution in [-0.2, 0) is 24.7 Å². The summed E-state index contributed by atoms with van der Waals surface area (Å²) >= 11 is 0. The Morgan fingerprint density at radius 2 is 1.64 bits per heavy atom. The second-order valence-electron chi connectivity index (χ2n) is 16.9. The van der Waals surface area contributed by atoms with Crippen molar-refractivity contribution in [1.29, 1.82) is 0 Å². The number of benzene rings is 3. The Kier molecular flexibility index (Phi) is 10.4. The Morgan fingerprint density at radius 3 is 2.38 bits per heavy atom. The Balaban J connectivity index is 1.36. The van der Waals surface area contributed by atoms with Crippen molar-refractivity contribution in [2.45, 2.75) is 119 Å². The van der Waals surface area contributed by atoms with Crippen molar-refractivity contribution in [2.24, 2.45) is 11.8 Å². The van der Waals surface area contributed by atoms with Gasteiger partial charge >= 0.3 is 0 Å². The summed E-state index contributed by atoms with van der Waals surface area (Å²) in [5.74, 6) is 4.14. The maximum atomic E-state index is 6.90. The second kappa shape index (κ2) is 15.0. The average molecular weight is 707 g/mol. The quantitative estimate of drug-likeness (QED) is 0.126.